The number of aliphatic hydroxyl groups excluding tert-OH is 1. The maximum absolute atomic E-state index is 8.84. The van der Waals surface area contributed by atoms with Gasteiger partial charge in [-0.3, -0.25) is 0 Å². The maximum atomic E-state index is 8.84. The van der Waals surface area contributed by atoms with Gasteiger partial charge >= 0.3 is 0 Å². The Morgan fingerprint density at radius 3 is 2.13 bits per heavy atom. The van der Waals surface area contributed by atoms with E-state index in [4.69, 9.17) is 5.11 Å². The van der Waals surface area contributed by atoms with E-state index in [1.165, 1.54) is 12.8 Å². The van der Waals surface area contributed by atoms with E-state index in [9.17, 15) is 0 Å². The SMILES string of the molecule is CCN(CCCO)CC(CC)(CC)CBr. The second-order valence-corrected chi connectivity index (χ2v) is 4.85. The average molecular weight is 280 g/mol. The van der Waals surface area contributed by atoms with Crippen LogP contribution >= 0.6 is 15.9 Å². The molecule has 0 saturated heterocycles. The van der Waals surface area contributed by atoms with Crippen LogP contribution in [0.5, 0.6) is 0 Å². The van der Waals surface area contributed by atoms with E-state index in [0.717, 1.165) is 31.4 Å². The normalized spacial score (nSPS) is 12.4. The number of rotatable bonds is 9. The van der Waals surface area contributed by atoms with E-state index in [1.54, 1.807) is 0 Å². The summed E-state index contributed by atoms with van der Waals surface area (Å²) in [7, 11) is 0. The van der Waals surface area contributed by atoms with Crippen molar-refractivity contribution in [3.05, 3.63) is 0 Å². The lowest BCUT2D eigenvalue weighted by molar-refractivity contribution is 0.152. The Kier molecular flexibility index (Phi) is 8.77. The Morgan fingerprint density at radius 2 is 1.80 bits per heavy atom. The quantitative estimate of drug-likeness (QED) is 0.656. The van der Waals surface area contributed by atoms with Crippen molar-refractivity contribution < 1.29 is 5.11 Å². The summed E-state index contributed by atoms with van der Waals surface area (Å²) in [6, 6.07) is 0. The monoisotopic (exact) mass is 279 g/mol. The van der Waals surface area contributed by atoms with Gasteiger partial charge in [0.05, 0.1) is 0 Å². The Morgan fingerprint density at radius 1 is 1.20 bits per heavy atom. The van der Waals surface area contributed by atoms with Crippen LogP contribution < -0.4 is 0 Å². The Bertz CT molecular complexity index is 140. The van der Waals surface area contributed by atoms with Crippen molar-refractivity contribution in [1.82, 2.24) is 4.90 Å². The Balaban J connectivity index is 4.21. The van der Waals surface area contributed by atoms with Gasteiger partial charge in [0.1, 0.15) is 0 Å². The van der Waals surface area contributed by atoms with Crippen LogP contribution in [0.3, 0.4) is 0 Å². The van der Waals surface area contributed by atoms with Crippen LogP contribution in [0.25, 0.3) is 0 Å². The van der Waals surface area contributed by atoms with Crippen molar-refractivity contribution in [2.75, 3.05) is 31.6 Å². The summed E-state index contributed by atoms with van der Waals surface area (Å²) in [6.45, 7) is 10.3. The molecular formula is C12H26BrNO. The predicted octanol–water partition coefficient (Wildman–Crippen LogP) is 2.89. The molecule has 0 aromatic carbocycles. The lowest BCUT2D eigenvalue weighted by atomic mass is 9.84. The van der Waals surface area contributed by atoms with E-state index < -0.39 is 0 Å². The lowest BCUT2D eigenvalue weighted by Gasteiger charge is -2.35. The third-order valence-corrected chi connectivity index (χ3v) is 4.61. The van der Waals surface area contributed by atoms with E-state index in [1.807, 2.05) is 0 Å². The number of aliphatic hydroxyl groups is 1. The molecule has 0 saturated carbocycles. The smallest absolute Gasteiger partial charge is 0.0443 e. The standard InChI is InChI=1S/C12H26BrNO/c1-4-12(5-2,10-13)11-14(6-3)8-7-9-15/h15H,4-11H2,1-3H3. The predicted molar refractivity (Wildman–Crippen MR) is 70.6 cm³/mol. The van der Waals surface area contributed by atoms with Crippen molar-refractivity contribution in [2.24, 2.45) is 5.41 Å². The molecule has 0 heterocycles. The number of nitrogens with zero attached hydrogens (tertiary/aromatic N) is 1. The van der Waals surface area contributed by atoms with Gasteiger partial charge in [-0.15, -0.1) is 0 Å². The summed E-state index contributed by atoms with van der Waals surface area (Å²) in [5, 5.41) is 9.92. The largest absolute Gasteiger partial charge is 0.396 e. The molecule has 92 valence electrons. The highest BCUT2D eigenvalue weighted by molar-refractivity contribution is 9.09. The molecule has 0 aliphatic rings. The maximum Gasteiger partial charge on any atom is 0.0443 e. The van der Waals surface area contributed by atoms with Crippen LogP contribution in [0, 0.1) is 5.41 Å². The van der Waals surface area contributed by atoms with Crippen molar-refractivity contribution in [3.63, 3.8) is 0 Å². The molecule has 0 aromatic rings. The van der Waals surface area contributed by atoms with Crippen LogP contribution in [0.4, 0.5) is 0 Å². The second kappa shape index (κ2) is 8.54. The van der Waals surface area contributed by atoms with Gasteiger partial charge in [-0.2, -0.15) is 0 Å². The number of hydrogen-bond acceptors (Lipinski definition) is 2. The summed E-state index contributed by atoms with van der Waals surface area (Å²) in [5.74, 6) is 0. The van der Waals surface area contributed by atoms with Crippen molar-refractivity contribution in [3.8, 4) is 0 Å². The van der Waals surface area contributed by atoms with Gasteiger partial charge in [0.2, 0.25) is 0 Å². The fourth-order valence-electron chi connectivity index (χ4n) is 1.82. The van der Waals surface area contributed by atoms with Gasteiger partial charge in [-0.25, -0.2) is 0 Å². The van der Waals surface area contributed by atoms with E-state index in [0.29, 0.717) is 12.0 Å². The minimum atomic E-state index is 0.302. The first-order valence-corrected chi connectivity index (χ1v) is 7.19. The molecule has 0 aliphatic heterocycles. The van der Waals surface area contributed by atoms with Crippen molar-refractivity contribution >= 4 is 15.9 Å². The molecule has 0 fully saturated rings. The summed E-state index contributed by atoms with van der Waals surface area (Å²) in [4.78, 5) is 2.45. The number of alkyl halides is 1. The van der Waals surface area contributed by atoms with Gasteiger partial charge in [-0.1, -0.05) is 36.7 Å². The molecule has 0 rings (SSSR count). The highest BCUT2D eigenvalue weighted by Gasteiger charge is 2.26. The first kappa shape index (κ1) is 15.4. The molecule has 0 atom stereocenters. The molecule has 0 aliphatic carbocycles. The third kappa shape index (κ3) is 5.32. The van der Waals surface area contributed by atoms with Gasteiger partial charge < -0.3 is 10.0 Å². The molecule has 15 heavy (non-hydrogen) atoms. The third-order valence-electron chi connectivity index (χ3n) is 3.42. The highest BCUT2D eigenvalue weighted by Crippen LogP contribution is 2.29. The lowest BCUT2D eigenvalue weighted by Crippen LogP contribution is -2.39. The van der Waals surface area contributed by atoms with E-state index in [2.05, 4.69) is 41.6 Å². The zero-order valence-electron chi connectivity index (χ0n) is 10.4. The first-order valence-electron chi connectivity index (χ1n) is 6.07. The second-order valence-electron chi connectivity index (χ2n) is 4.29. The van der Waals surface area contributed by atoms with Crippen LogP contribution in [-0.2, 0) is 0 Å². The van der Waals surface area contributed by atoms with E-state index >= 15 is 0 Å². The zero-order valence-corrected chi connectivity index (χ0v) is 12.0. The summed E-state index contributed by atoms with van der Waals surface area (Å²) in [6.07, 6.45) is 3.31. The van der Waals surface area contributed by atoms with E-state index in [-0.39, 0.29) is 0 Å². The minimum absolute atomic E-state index is 0.302. The average Bonchev–Trinajstić information content (AvgIpc) is 2.30. The molecule has 3 heteroatoms. The van der Waals surface area contributed by atoms with Crippen LogP contribution in [-0.4, -0.2) is 41.6 Å². The number of hydrogen-bond donors (Lipinski definition) is 1. The van der Waals surface area contributed by atoms with Crippen LogP contribution in [0.1, 0.15) is 40.0 Å². The zero-order chi connectivity index (χ0) is 11.7. The molecule has 0 bridgehead atoms. The van der Waals surface area contributed by atoms with Gasteiger partial charge in [-0.05, 0) is 31.2 Å². The summed E-state index contributed by atoms with van der Waals surface area (Å²) >= 11 is 3.64. The molecule has 0 radical (unpaired) electrons. The molecular weight excluding hydrogens is 254 g/mol. The van der Waals surface area contributed by atoms with Crippen molar-refractivity contribution in [1.29, 1.82) is 0 Å². The van der Waals surface area contributed by atoms with Gasteiger partial charge in [0.15, 0.2) is 0 Å². The topological polar surface area (TPSA) is 23.5 Å². The van der Waals surface area contributed by atoms with Crippen LogP contribution in [0.15, 0.2) is 0 Å². The van der Waals surface area contributed by atoms with Gasteiger partial charge in [0.25, 0.3) is 0 Å². The highest BCUT2D eigenvalue weighted by atomic mass is 79.9. The molecule has 0 unspecified atom stereocenters. The Hall–Kier alpha value is 0.400. The van der Waals surface area contributed by atoms with Gasteiger partial charge in [0, 0.05) is 25.0 Å². The minimum Gasteiger partial charge on any atom is -0.396 e. The molecule has 0 amide bonds. The molecule has 1 N–H and O–H groups in total. The molecule has 0 aromatic heterocycles. The number of halogens is 1. The fourth-order valence-corrected chi connectivity index (χ4v) is 2.79. The molecule has 0 spiro atoms. The molecule has 2 nitrogen and oxygen atoms in total. The fraction of sp³-hybridized carbons (Fsp3) is 1.00. The van der Waals surface area contributed by atoms with Crippen LogP contribution in [0.2, 0.25) is 0 Å². The van der Waals surface area contributed by atoms with Crippen molar-refractivity contribution in [2.45, 2.75) is 40.0 Å². The summed E-state index contributed by atoms with van der Waals surface area (Å²) < 4.78 is 0. The first-order chi connectivity index (χ1) is 7.17. The summed E-state index contributed by atoms with van der Waals surface area (Å²) in [5.41, 5.74) is 0.408. The Labute approximate surface area is 103 Å².